The Hall–Kier alpha value is -1.73. The lowest BCUT2D eigenvalue weighted by Gasteiger charge is -2.04. The van der Waals surface area contributed by atoms with Crippen LogP contribution in [0, 0.1) is 5.82 Å². The number of sulfone groups is 1. The fourth-order valence-electron chi connectivity index (χ4n) is 1.42. The number of aromatic amines is 1. The zero-order valence-electron chi connectivity index (χ0n) is 9.43. The van der Waals surface area contributed by atoms with Gasteiger partial charge in [0, 0.05) is 16.7 Å². The van der Waals surface area contributed by atoms with Crippen LogP contribution in [-0.2, 0) is 15.6 Å². The standard InChI is InChI=1S/C11H8ClFN2O3S/c12-8-2-1-7(9(13)5-8)6-19(17,18)11-4-3-10(16)14-15-11/h1-5H,6H2,(H,14,16). The lowest BCUT2D eigenvalue weighted by molar-refractivity contribution is 0.581. The van der Waals surface area contributed by atoms with Crippen LogP contribution in [0.15, 0.2) is 40.2 Å². The van der Waals surface area contributed by atoms with Gasteiger partial charge in [0.05, 0.1) is 5.75 Å². The number of rotatable bonds is 3. The normalized spacial score (nSPS) is 11.5. The smallest absolute Gasteiger partial charge is 0.264 e. The first-order valence-corrected chi connectivity index (χ1v) is 7.14. The molecular formula is C11H8ClFN2O3S. The Morgan fingerprint density at radius 3 is 2.58 bits per heavy atom. The van der Waals surface area contributed by atoms with E-state index in [2.05, 4.69) is 5.10 Å². The van der Waals surface area contributed by atoms with Crippen LogP contribution < -0.4 is 5.56 Å². The van der Waals surface area contributed by atoms with Gasteiger partial charge in [-0.05, 0) is 18.2 Å². The highest BCUT2D eigenvalue weighted by molar-refractivity contribution is 7.90. The van der Waals surface area contributed by atoms with E-state index >= 15 is 0 Å². The molecule has 19 heavy (non-hydrogen) atoms. The Morgan fingerprint density at radius 2 is 2.00 bits per heavy atom. The van der Waals surface area contributed by atoms with E-state index in [1.165, 1.54) is 12.1 Å². The number of benzene rings is 1. The number of nitrogens with one attached hydrogen (secondary N) is 1. The maximum Gasteiger partial charge on any atom is 0.264 e. The highest BCUT2D eigenvalue weighted by atomic mass is 35.5. The summed E-state index contributed by atoms with van der Waals surface area (Å²) in [5.74, 6) is -1.27. The van der Waals surface area contributed by atoms with Gasteiger partial charge in [-0.3, -0.25) is 4.79 Å². The topological polar surface area (TPSA) is 79.9 Å². The Balaban J connectivity index is 2.36. The lowest BCUT2D eigenvalue weighted by Crippen LogP contribution is -2.13. The lowest BCUT2D eigenvalue weighted by atomic mass is 10.2. The highest BCUT2D eigenvalue weighted by Crippen LogP contribution is 2.19. The van der Waals surface area contributed by atoms with Gasteiger partial charge in [0.2, 0.25) is 9.84 Å². The Bertz CT molecular complexity index is 753. The third-order valence-electron chi connectivity index (χ3n) is 2.33. The molecule has 1 N–H and O–H groups in total. The first kappa shape index (κ1) is 13.7. The number of halogens is 2. The summed E-state index contributed by atoms with van der Waals surface area (Å²) in [6.45, 7) is 0. The van der Waals surface area contributed by atoms with Gasteiger partial charge in [-0.15, -0.1) is 0 Å². The molecule has 0 aliphatic carbocycles. The second-order valence-electron chi connectivity index (χ2n) is 3.75. The number of nitrogens with zero attached hydrogens (tertiary/aromatic N) is 1. The van der Waals surface area contributed by atoms with Crippen molar-refractivity contribution in [3.8, 4) is 0 Å². The van der Waals surface area contributed by atoms with Crippen molar-refractivity contribution in [2.45, 2.75) is 10.8 Å². The molecule has 0 amide bonds. The van der Waals surface area contributed by atoms with Gasteiger partial charge >= 0.3 is 0 Å². The molecule has 0 atom stereocenters. The van der Waals surface area contributed by atoms with E-state index in [1.54, 1.807) is 0 Å². The van der Waals surface area contributed by atoms with Crippen molar-refractivity contribution >= 4 is 21.4 Å². The van der Waals surface area contributed by atoms with Crippen molar-refractivity contribution in [2.75, 3.05) is 0 Å². The largest absolute Gasteiger partial charge is 0.268 e. The van der Waals surface area contributed by atoms with Crippen LogP contribution in [-0.4, -0.2) is 18.6 Å². The Morgan fingerprint density at radius 1 is 1.26 bits per heavy atom. The molecule has 1 aromatic heterocycles. The van der Waals surface area contributed by atoms with Crippen LogP contribution in [0.1, 0.15) is 5.56 Å². The molecule has 0 saturated heterocycles. The molecule has 0 saturated carbocycles. The molecule has 0 spiro atoms. The summed E-state index contributed by atoms with van der Waals surface area (Å²) >= 11 is 5.58. The van der Waals surface area contributed by atoms with Gasteiger partial charge in [-0.2, -0.15) is 5.10 Å². The van der Waals surface area contributed by atoms with Crippen LogP contribution in [0.25, 0.3) is 0 Å². The van der Waals surface area contributed by atoms with E-state index in [-0.39, 0.29) is 15.6 Å². The van der Waals surface area contributed by atoms with Crippen molar-refractivity contribution in [3.05, 3.63) is 57.1 Å². The summed E-state index contributed by atoms with van der Waals surface area (Å²) in [7, 11) is -3.83. The van der Waals surface area contributed by atoms with Crippen molar-refractivity contribution in [1.82, 2.24) is 10.2 Å². The molecule has 2 aromatic rings. The predicted octanol–water partition coefficient (Wildman–Crippen LogP) is 1.54. The highest BCUT2D eigenvalue weighted by Gasteiger charge is 2.19. The van der Waals surface area contributed by atoms with Crippen LogP contribution in [0.3, 0.4) is 0 Å². The van der Waals surface area contributed by atoms with E-state index in [4.69, 9.17) is 11.6 Å². The van der Waals surface area contributed by atoms with Gasteiger partial charge in [-0.1, -0.05) is 17.7 Å². The van der Waals surface area contributed by atoms with Gasteiger partial charge < -0.3 is 0 Å². The van der Waals surface area contributed by atoms with Crippen molar-refractivity contribution in [2.24, 2.45) is 0 Å². The zero-order valence-corrected chi connectivity index (χ0v) is 11.0. The molecule has 100 valence electrons. The molecule has 1 aromatic carbocycles. The minimum Gasteiger partial charge on any atom is -0.268 e. The molecule has 0 radical (unpaired) electrons. The van der Waals surface area contributed by atoms with Crippen LogP contribution >= 0.6 is 11.6 Å². The molecule has 0 unspecified atom stereocenters. The summed E-state index contributed by atoms with van der Waals surface area (Å²) in [6.07, 6.45) is 0. The van der Waals surface area contributed by atoms with Gasteiger partial charge in [-0.25, -0.2) is 17.9 Å². The summed E-state index contributed by atoms with van der Waals surface area (Å²) < 4.78 is 37.5. The first-order valence-electron chi connectivity index (χ1n) is 5.11. The quantitative estimate of drug-likeness (QED) is 0.932. The van der Waals surface area contributed by atoms with Crippen molar-refractivity contribution < 1.29 is 12.8 Å². The molecule has 0 aliphatic heterocycles. The summed E-state index contributed by atoms with van der Waals surface area (Å²) in [4.78, 5) is 10.8. The zero-order chi connectivity index (χ0) is 14.0. The van der Waals surface area contributed by atoms with Crippen molar-refractivity contribution in [1.29, 1.82) is 0 Å². The minimum absolute atomic E-state index is 0.0163. The average Bonchev–Trinajstić information content (AvgIpc) is 2.33. The molecule has 0 bridgehead atoms. The monoisotopic (exact) mass is 302 g/mol. The summed E-state index contributed by atoms with van der Waals surface area (Å²) in [6, 6.07) is 5.84. The number of hydrogen-bond donors (Lipinski definition) is 1. The molecule has 8 heteroatoms. The molecule has 5 nitrogen and oxygen atoms in total. The fourth-order valence-corrected chi connectivity index (χ4v) is 2.83. The molecule has 0 aliphatic rings. The van der Waals surface area contributed by atoms with Crippen LogP contribution in [0.4, 0.5) is 4.39 Å². The summed E-state index contributed by atoms with van der Waals surface area (Å²) in [5.41, 5.74) is -0.533. The minimum atomic E-state index is -3.83. The summed E-state index contributed by atoms with van der Waals surface area (Å²) in [5, 5.41) is 5.30. The maximum absolute atomic E-state index is 13.5. The van der Waals surface area contributed by atoms with Gasteiger partial charge in [0.25, 0.3) is 5.56 Å². The third kappa shape index (κ3) is 3.18. The van der Waals surface area contributed by atoms with Crippen LogP contribution in [0.2, 0.25) is 5.02 Å². The van der Waals surface area contributed by atoms with Crippen LogP contribution in [0.5, 0.6) is 0 Å². The van der Waals surface area contributed by atoms with E-state index in [9.17, 15) is 17.6 Å². The molecular weight excluding hydrogens is 295 g/mol. The second-order valence-corrected chi connectivity index (χ2v) is 6.13. The Kier molecular flexibility index (Phi) is 3.68. The Labute approximate surface area is 113 Å². The third-order valence-corrected chi connectivity index (χ3v) is 4.12. The van der Waals surface area contributed by atoms with Gasteiger partial charge in [0.15, 0.2) is 5.03 Å². The maximum atomic E-state index is 13.5. The molecule has 0 fully saturated rings. The van der Waals surface area contributed by atoms with E-state index in [1.807, 2.05) is 5.10 Å². The fraction of sp³-hybridized carbons (Fsp3) is 0.0909. The molecule has 2 rings (SSSR count). The van der Waals surface area contributed by atoms with Crippen molar-refractivity contribution in [3.63, 3.8) is 0 Å². The number of aromatic nitrogens is 2. The predicted molar refractivity (Wildman–Crippen MR) is 67.2 cm³/mol. The van der Waals surface area contributed by atoms with E-state index in [0.717, 1.165) is 18.2 Å². The number of H-pyrrole nitrogens is 1. The SMILES string of the molecule is O=c1ccc(S(=O)(=O)Cc2ccc(Cl)cc2F)n[nH]1. The van der Waals surface area contributed by atoms with Gasteiger partial charge in [0.1, 0.15) is 5.82 Å². The average molecular weight is 303 g/mol. The molecule has 1 heterocycles. The van der Waals surface area contributed by atoms with E-state index < -0.39 is 27.0 Å². The first-order chi connectivity index (χ1) is 8.88. The number of hydrogen-bond acceptors (Lipinski definition) is 4. The second kappa shape index (κ2) is 5.10. The van der Waals surface area contributed by atoms with E-state index in [0.29, 0.717) is 0 Å².